The summed E-state index contributed by atoms with van der Waals surface area (Å²) in [5.41, 5.74) is 1.71. The van der Waals surface area contributed by atoms with Crippen LogP contribution in [0.3, 0.4) is 0 Å². The van der Waals surface area contributed by atoms with Crippen LogP contribution >= 0.6 is 0 Å². The van der Waals surface area contributed by atoms with E-state index in [2.05, 4.69) is 5.32 Å². The number of nitrogens with one attached hydrogen (secondary N) is 1. The number of hydrogen-bond donors (Lipinski definition) is 2. The average Bonchev–Trinajstić information content (AvgIpc) is 3.20. The largest absolute Gasteiger partial charge is 0.497 e. The smallest absolute Gasteiger partial charge is 0.335 e. The van der Waals surface area contributed by atoms with Crippen LogP contribution in [0, 0.1) is 11.3 Å². The topological polar surface area (TPSA) is 104 Å². The number of methoxy groups -OCH3 is 1. The number of aromatic nitrogens is 1. The van der Waals surface area contributed by atoms with Gasteiger partial charge in [-0.05, 0) is 48.5 Å². The highest BCUT2D eigenvalue weighted by Crippen LogP contribution is 2.20. The van der Waals surface area contributed by atoms with Gasteiger partial charge in [0.1, 0.15) is 17.4 Å². The third-order valence-electron chi connectivity index (χ3n) is 4.14. The minimum Gasteiger partial charge on any atom is -0.497 e. The molecule has 3 aromatic rings. The second kappa shape index (κ2) is 8.59. The number of carboxylic acid groups (broad SMARTS) is 1. The Bertz CT molecular complexity index is 1140. The molecule has 0 aliphatic rings. The lowest BCUT2D eigenvalue weighted by atomic mass is 10.2. The summed E-state index contributed by atoms with van der Waals surface area (Å²) < 4.78 is 6.82. The summed E-state index contributed by atoms with van der Waals surface area (Å²) in [4.78, 5) is 23.7. The lowest BCUT2D eigenvalue weighted by molar-refractivity contribution is -0.112. The van der Waals surface area contributed by atoms with Gasteiger partial charge in [0, 0.05) is 29.3 Å². The molecule has 1 aromatic heterocycles. The minimum atomic E-state index is -1.04. The Labute approximate surface area is 167 Å². The standard InChI is InChI=1S/C22H17N3O4/c1-29-20-9-3-6-17(13-20)24-21(26)16(14-23)12-19-8-4-10-25(19)18-7-2-5-15(11-18)22(27)28/h2-13H,1H3,(H,24,26)(H,27,28). The van der Waals surface area contributed by atoms with Gasteiger partial charge in [0.05, 0.1) is 12.7 Å². The molecular weight excluding hydrogens is 370 g/mol. The SMILES string of the molecule is COc1cccc(NC(=O)C(C#N)=Cc2cccn2-c2cccc(C(=O)O)c2)c1. The Morgan fingerprint density at radius 3 is 2.66 bits per heavy atom. The molecule has 7 nitrogen and oxygen atoms in total. The van der Waals surface area contributed by atoms with Crippen LogP contribution < -0.4 is 10.1 Å². The predicted molar refractivity (Wildman–Crippen MR) is 108 cm³/mol. The van der Waals surface area contributed by atoms with Crippen LogP contribution in [-0.2, 0) is 4.79 Å². The number of benzene rings is 2. The molecule has 144 valence electrons. The zero-order valence-electron chi connectivity index (χ0n) is 15.5. The number of nitriles is 1. The van der Waals surface area contributed by atoms with Crippen molar-refractivity contribution in [2.45, 2.75) is 0 Å². The maximum atomic E-state index is 12.5. The van der Waals surface area contributed by atoms with Crippen LogP contribution in [0.5, 0.6) is 5.75 Å². The Kier molecular flexibility index (Phi) is 5.76. The van der Waals surface area contributed by atoms with E-state index < -0.39 is 11.9 Å². The maximum Gasteiger partial charge on any atom is 0.335 e. The highest BCUT2D eigenvalue weighted by Gasteiger charge is 2.12. The number of anilines is 1. The second-order valence-corrected chi connectivity index (χ2v) is 6.01. The predicted octanol–water partition coefficient (Wildman–Crippen LogP) is 3.73. The number of carbonyl (C=O) groups is 2. The van der Waals surface area contributed by atoms with Gasteiger partial charge in [-0.25, -0.2) is 4.79 Å². The van der Waals surface area contributed by atoms with Crippen LogP contribution in [0.2, 0.25) is 0 Å². The first kappa shape index (κ1) is 19.5. The Morgan fingerprint density at radius 2 is 1.93 bits per heavy atom. The van der Waals surface area contributed by atoms with E-state index in [0.717, 1.165) is 0 Å². The molecule has 0 fully saturated rings. The molecule has 7 heteroatoms. The molecule has 0 atom stereocenters. The van der Waals surface area contributed by atoms with Crippen LogP contribution in [0.1, 0.15) is 16.1 Å². The summed E-state index contributed by atoms with van der Waals surface area (Å²) in [6.07, 6.45) is 3.17. The molecule has 1 heterocycles. The summed E-state index contributed by atoms with van der Waals surface area (Å²) in [5.74, 6) is -1.02. The molecule has 0 saturated heterocycles. The van der Waals surface area contributed by atoms with Crippen LogP contribution in [0.4, 0.5) is 5.69 Å². The van der Waals surface area contributed by atoms with E-state index in [-0.39, 0.29) is 11.1 Å². The van der Waals surface area contributed by atoms with E-state index in [1.807, 2.05) is 6.07 Å². The highest BCUT2D eigenvalue weighted by atomic mass is 16.5. The van der Waals surface area contributed by atoms with Crippen molar-refractivity contribution in [3.63, 3.8) is 0 Å². The zero-order chi connectivity index (χ0) is 20.8. The molecule has 0 bridgehead atoms. The lowest BCUT2D eigenvalue weighted by Crippen LogP contribution is -2.13. The fraction of sp³-hybridized carbons (Fsp3) is 0.0455. The Balaban J connectivity index is 1.90. The Morgan fingerprint density at radius 1 is 1.14 bits per heavy atom. The van der Waals surface area contributed by atoms with Gasteiger partial charge in [-0.3, -0.25) is 4.79 Å². The van der Waals surface area contributed by atoms with Gasteiger partial charge in [-0.15, -0.1) is 0 Å². The Hall–Kier alpha value is -4.31. The molecule has 0 aliphatic carbocycles. The molecule has 0 spiro atoms. The number of amides is 1. The van der Waals surface area contributed by atoms with Gasteiger partial charge in [-0.2, -0.15) is 5.26 Å². The zero-order valence-corrected chi connectivity index (χ0v) is 15.5. The molecule has 0 saturated carbocycles. The van der Waals surface area contributed by atoms with E-state index in [9.17, 15) is 20.0 Å². The third-order valence-corrected chi connectivity index (χ3v) is 4.14. The van der Waals surface area contributed by atoms with E-state index in [1.54, 1.807) is 59.3 Å². The van der Waals surface area contributed by atoms with Crippen molar-refractivity contribution in [3.8, 4) is 17.5 Å². The molecule has 0 unspecified atom stereocenters. The highest BCUT2D eigenvalue weighted by molar-refractivity contribution is 6.09. The molecule has 2 aromatic carbocycles. The molecule has 1 amide bonds. The summed E-state index contributed by atoms with van der Waals surface area (Å²) in [6, 6.07) is 18.6. The monoisotopic (exact) mass is 387 g/mol. The van der Waals surface area contributed by atoms with Crippen molar-refractivity contribution < 1.29 is 19.4 Å². The first-order chi connectivity index (χ1) is 14.0. The van der Waals surface area contributed by atoms with Gasteiger partial charge < -0.3 is 19.7 Å². The fourth-order valence-corrected chi connectivity index (χ4v) is 2.73. The number of nitrogens with zero attached hydrogens (tertiary/aromatic N) is 2. The quantitative estimate of drug-likeness (QED) is 0.495. The van der Waals surface area contributed by atoms with Crippen molar-refractivity contribution >= 4 is 23.6 Å². The van der Waals surface area contributed by atoms with Crippen molar-refractivity contribution in [2.24, 2.45) is 0 Å². The molecule has 29 heavy (non-hydrogen) atoms. The van der Waals surface area contributed by atoms with Crippen LogP contribution in [-0.4, -0.2) is 28.7 Å². The second-order valence-electron chi connectivity index (χ2n) is 6.01. The molecular formula is C22H17N3O4. The molecule has 0 aliphatic heterocycles. The molecule has 0 radical (unpaired) electrons. The number of carboxylic acids is 1. The van der Waals surface area contributed by atoms with Crippen molar-refractivity contribution in [3.05, 3.63) is 83.7 Å². The van der Waals surface area contributed by atoms with E-state index in [1.165, 1.54) is 25.3 Å². The summed E-state index contributed by atoms with van der Waals surface area (Å²) >= 11 is 0. The van der Waals surface area contributed by atoms with Crippen molar-refractivity contribution in [2.75, 3.05) is 12.4 Å². The van der Waals surface area contributed by atoms with Crippen LogP contribution in [0.15, 0.2) is 72.4 Å². The summed E-state index contributed by atoms with van der Waals surface area (Å²) in [7, 11) is 1.52. The number of aromatic carboxylic acids is 1. The fourth-order valence-electron chi connectivity index (χ4n) is 2.73. The molecule has 3 rings (SSSR count). The van der Waals surface area contributed by atoms with Crippen molar-refractivity contribution in [1.82, 2.24) is 4.57 Å². The van der Waals surface area contributed by atoms with E-state index >= 15 is 0 Å². The van der Waals surface area contributed by atoms with Gasteiger partial charge in [0.25, 0.3) is 5.91 Å². The van der Waals surface area contributed by atoms with Crippen LogP contribution in [0.25, 0.3) is 11.8 Å². The van der Waals surface area contributed by atoms with E-state index in [0.29, 0.717) is 22.8 Å². The first-order valence-electron chi connectivity index (χ1n) is 8.60. The lowest BCUT2D eigenvalue weighted by Gasteiger charge is -2.09. The number of hydrogen-bond acceptors (Lipinski definition) is 4. The maximum absolute atomic E-state index is 12.5. The number of carbonyl (C=O) groups excluding carboxylic acids is 1. The van der Waals surface area contributed by atoms with Crippen molar-refractivity contribution in [1.29, 1.82) is 5.26 Å². The van der Waals surface area contributed by atoms with Gasteiger partial charge in [0.15, 0.2) is 0 Å². The summed E-state index contributed by atoms with van der Waals surface area (Å²) in [6.45, 7) is 0. The minimum absolute atomic E-state index is 0.0952. The first-order valence-corrected chi connectivity index (χ1v) is 8.60. The number of rotatable bonds is 6. The van der Waals surface area contributed by atoms with Gasteiger partial charge in [0.2, 0.25) is 0 Å². The normalized spacial score (nSPS) is 10.8. The van der Waals surface area contributed by atoms with E-state index in [4.69, 9.17) is 4.74 Å². The average molecular weight is 387 g/mol. The summed E-state index contributed by atoms with van der Waals surface area (Å²) in [5, 5.41) is 21.3. The van der Waals surface area contributed by atoms with Gasteiger partial charge >= 0.3 is 5.97 Å². The number of ether oxygens (including phenoxy) is 1. The van der Waals surface area contributed by atoms with Gasteiger partial charge in [-0.1, -0.05) is 12.1 Å². The third kappa shape index (κ3) is 4.51. The molecule has 2 N–H and O–H groups in total.